The minimum Gasteiger partial charge on any atom is -0.465 e. The predicted molar refractivity (Wildman–Crippen MR) is 105 cm³/mol. The standard InChI is InChI=1S/C22H40O4/c1-7-13-21(3,4)15-25-19(23)17-9-11-18(12-10-17)20(24)26-16-22(5,6)14-8-2/h17-18H,7-16H2,1-6H3. The predicted octanol–water partition coefficient (Wildman–Crippen LogP) is 5.53. The summed E-state index contributed by atoms with van der Waals surface area (Å²) in [5.74, 6) is -0.309. The normalized spacial score (nSPS) is 21.3. The molecule has 0 radical (unpaired) electrons. The Bertz CT molecular complexity index is 403. The second-order valence-corrected chi connectivity index (χ2v) is 9.59. The molecule has 0 atom stereocenters. The smallest absolute Gasteiger partial charge is 0.308 e. The topological polar surface area (TPSA) is 52.6 Å². The van der Waals surface area contributed by atoms with Crippen molar-refractivity contribution in [3.05, 3.63) is 0 Å². The Hall–Kier alpha value is -1.06. The molecule has 1 rings (SSSR count). The van der Waals surface area contributed by atoms with Gasteiger partial charge in [-0.15, -0.1) is 0 Å². The molecule has 26 heavy (non-hydrogen) atoms. The van der Waals surface area contributed by atoms with Gasteiger partial charge in [0.15, 0.2) is 0 Å². The summed E-state index contributed by atoms with van der Waals surface area (Å²) in [7, 11) is 0. The van der Waals surface area contributed by atoms with E-state index < -0.39 is 0 Å². The van der Waals surface area contributed by atoms with E-state index in [0.29, 0.717) is 13.2 Å². The first kappa shape index (κ1) is 23.0. The first-order chi connectivity index (χ1) is 12.1. The van der Waals surface area contributed by atoms with Crippen LogP contribution >= 0.6 is 0 Å². The zero-order chi connectivity index (χ0) is 19.8. The van der Waals surface area contributed by atoms with E-state index in [0.717, 1.165) is 51.4 Å². The number of esters is 2. The van der Waals surface area contributed by atoms with Crippen molar-refractivity contribution in [1.29, 1.82) is 0 Å². The second-order valence-electron chi connectivity index (χ2n) is 9.59. The summed E-state index contributed by atoms with van der Waals surface area (Å²) in [6, 6.07) is 0. The number of ether oxygens (including phenoxy) is 2. The van der Waals surface area contributed by atoms with E-state index in [9.17, 15) is 9.59 Å². The van der Waals surface area contributed by atoms with Gasteiger partial charge < -0.3 is 9.47 Å². The zero-order valence-corrected chi connectivity index (χ0v) is 17.9. The van der Waals surface area contributed by atoms with Gasteiger partial charge in [-0.3, -0.25) is 9.59 Å². The molecule has 0 heterocycles. The van der Waals surface area contributed by atoms with Crippen LogP contribution in [-0.4, -0.2) is 25.2 Å². The van der Waals surface area contributed by atoms with Crippen LogP contribution in [0.15, 0.2) is 0 Å². The summed E-state index contributed by atoms with van der Waals surface area (Å²) in [5.41, 5.74) is 0.0768. The van der Waals surface area contributed by atoms with Crippen molar-refractivity contribution in [1.82, 2.24) is 0 Å². The molecular weight excluding hydrogens is 328 g/mol. The van der Waals surface area contributed by atoms with Gasteiger partial charge >= 0.3 is 11.9 Å². The molecule has 0 saturated heterocycles. The lowest BCUT2D eigenvalue weighted by Crippen LogP contribution is -2.31. The maximum Gasteiger partial charge on any atom is 0.308 e. The van der Waals surface area contributed by atoms with E-state index in [4.69, 9.17) is 9.47 Å². The third-order valence-electron chi connectivity index (χ3n) is 5.46. The minimum atomic E-state index is -0.0925. The molecular formula is C22H40O4. The quantitative estimate of drug-likeness (QED) is 0.476. The van der Waals surface area contributed by atoms with Crippen LogP contribution in [0.25, 0.3) is 0 Å². The Morgan fingerprint density at radius 3 is 1.31 bits per heavy atom. The Morgan fingerprint density at radius 2 is 1.04 bits per heavy atom. The Labute approximate surface area is 160 Å². The van der Waals surface area contributed by atoms with Crippen LogP contribution in [0, 0.1) is 22.7 Å². The average Bonchev–Trinajstić information content (AvgIpc) is 2.58. The van der Waals surface area contributed by atoms with Crippen molar-refractivity contribution in [3.8, 4) is 0 Å². The average molecular weight is 369 g/mol. The molecule has 0 amide bonds. The largest absolute Gasteiger partial charge is 0.465 e. The van der Waals surface area contributed by atoms with Gasteiger partial charge in [0.25, 0.3) is 0 Å². The van der Waals surface area contributed by atoms with Crippen LogP contribution in [-0.2, 0) is 19.1 Å². The molecule has 4 heteroatoms. The molecule has 0 bridgehead atoms. The van der Waals surface area contributed by atoms with Crippen LogP contribution < -0.4 is 0 Å². The van der Waals surface area contributed by atoms with Crippen LogP contribution in [0.5, 0.6) is 0 Å². The van der Waals surface area contributed by atoms with Gasteiger partial charge in [0.2, 0.25) is 0 Å². The molecule has 1 aliphatic rings. The molecule has 0 aromatic rings. The highest BCUT2D eigenvalue weighted by atomic mass is 16.5. The van der Waals surface area contributed by atoms with Crippen molar-refractivity contribution < 1.29 is 19.1 Å². The lowest BCUT2D eigenvalue weighted by atomic mass is 9.82. The third-order valence-corrected chi connectivity index (χ3v) is 5.46. The molecule has 1 fully saturated rings. The number of carbonyl (C=O) groups excluding carboxylic acids is 2. The van der Waals surface area contributed by atoms with E-state index in [2.05, 4.69) is 41.5 Å². The SMILES string of the molecule is CCCC(C)(C)COC(=O)C1CCC(C(=O)OCC(C)(C)CCC)CC1. The van der Waals surface area contributed by atoms with Crippen LogP contribution in [0.1, 0.15) is 92.9 Å². The summed E-state index contributed by atoms with van der Waals surface area (Å²) in [4.78, 5) is 24.6. The minimum absolute atomic E-state index is 0.0384. The summed E-state index contributed by atoms with van der Waals surface area (Å²) < 4.78 is 11.1. The van der Waals surface area contributed by atoms with Crippen molar-refractivity contribution in [3.63, 3.8) is 0 Å². The highest BCUT2D eigenvalue weighted by Crippen LogP contribution is 2.32. The zero-order valence-electron chi connectivity index (χ0n) is 17.9. The van der Waals surface area contributed by atoms with Gasteiger partial charge in [-0.25, -0.2) is 0 Å². The van der Waals surface area contributed by atoms with Gasteiger partial charge in [0.05, 0.1) is 25.0 Å². The molecule has 152 valence electrons. The maximum atomic E-state index is 12.3. The molecule has 1 aliphatic carbocycles. The van der Waals surface area contributed by atoms with Crippen molar-refractivity contribution in [2.45, 2.75) is 92.9 Å². The monoisotopic (exact) mass is 368 g/mol. The van der Waals surface area contributed by atoms with Crippen LogP contribution in [0.3, 0.4) is 0 Å². The van der Waals surface area contributed by atoms with Crippen molar-refractivity contribution >= 4 is 11.9 Å². The molecule has 0 N–H and O–H groups in total. The highest BCUT2D eigenvalue weighted by molar-refractivity contribution is 5.75. The number of rotatable bonds is 10. The maximum absolute atomic E-state index is 12.3. The van der Waals surface area contributed by atoms with E-state index in [1.54, 1.807) is 0 Å². The van der Waals surface area contributed by atoms with E-state index in [1.165, 1.54) is 0 Å². The summed E-state index contributed by atoms with van der Waals surface area (Å²) in [5, 5.41) is 0. The second kappa shape index (κ2) is 10.3. The molecule has 0 aromatic carbocycles. The lowest BCUT2D eigenvalue weighted by molar-refractivity contribution is -0.158. The van der Waals surface area contributed by atoms with Gasteiger partial charge in [0, 0.05) is 0 Å². The Kier molecular flexibility index (Phi) is 9.12. The molecule has 1 saturated carbocycles. The fourth-order valence-electron chi connectivity index (χ4n) is 3.83. The summed E-state index contributed by atoms with van der Waals surface area (Å²) in [6.07, 6.45) is 7.19. The Balaban J connectivity index is 2.35. The van der Waals surface area contributed by atoms with Crippen LogP contribution in [0.2, 0.25) is 0 Å². The number of hydrogen-bond acceptors (Lipinski definition) is 4. The highest BCUT2D eigenvalue weighted by Gasteiger charge is 2.33. The lowest BCUT2D eigenvalue weighted by Gasteiger charge is -2.29. The number of carbonyl (C=O) groups is 2. The fourth-order valence-corrected chi connectivity index (χ4v) is 3.83. The van der Waals surface area contributed by atoms with E-state index in [1.807, 2.05) is 0 Å². The fraction of sp³-hybridized carbons (Fsp3) is 0.909. The van der Waals surface area contributed by atoms with Crippen LogP contribution in [0.4, 0.5) is 0 Å². The summed E-state index contributed by atoms with van der Waals surface area (Å²) >= 11 is 0. The Morgan fingerprint density at radius 1 is 0.731 bits per heavy atom. The van der Waals surface area contributed by atoms with Gasteiger partial charge in [0.1, 0.15) is 0 Å². The molecule has 0 unspecified atom stereocenters. The molecule has 0 spiro atoms. The van der Waals surface area contributed by atoms with E-state index in [-0.39, 0.29) is 34.6 Å². The van der Waals surface area contributed by atoms with Gasteiger partial charge in [-0.05, 0) is 49.4 Å². The van der Waals surface area contributed by atoms with Crippen molar-refractivity contribution in [2.75, 3.05) is 13.2 Å². The molecule has 0 aliphatic heterocycles. The molecule has 0 aromatic heterocycles. The first-order valence-corrected chi connectivity index (χ1v) is 10.4. The van der Waals surface area contributed by atoms with Crippen molar-refractivity contribution in [2.24, 2.45) is 22.7 Å². The third kappa shape index (κ3) is 8.09. The van der Waals surface area contributed by atoms with E-state index >= 15 is 0 Å². The van der Waals surface area contributed by atoms with Gasteiger partial charge in [-0.1, -0.05) is 54.4 Å². The van der Waals surface area contributed by atoms with Gasteiger partial charge in [-0.2, -0.15) is 0 Å². The number of hydrogen-bond donors (Lipinski definition) is 0. The first-order valence-electron chi connectivity index (χ1n) is 10.4. The summed E-state index contributed by atoms with van der Waals surface area (Å²) in [6.45, 7) is 13.8. The molecule has 4 nitrogen and oxygen atoms in total.